The molecule has 10 N–H and O–H groups in total. The van der Waals surface area contributed by atoms with Crippen LogP contribution in [0.3, 0.4) is 0 Å². The van der Waals surface area contributed by atoms with Gasteiger partial charge in [0.05, 0.1) is 32.0 Å². The van der Waals surface area contributed by atoms with Gasteiger partial charge in [-0.1, -0.05) is 45.4 Å². The van der Waals surface area contributed by atoms with Crippen LogP contribution < -0.4 is 16.4 Å². The lowest BCUT2D eigenvalue weighted by Gasteiger charge is -2.45. The van der Waals surface area contributed by atoms with Gasteiger partial charge in [-0.25, -0.2) is 4.79 Å². The zero-order chi connectivity index (χ0) is 39.7. The van der Waals surface area contributed by atoms with E-state index in [4.69, 9.17) is 34.5 Å². The second-order valence-corrected chi connectivity index (χ2v) is 14.6. The first kappa shape index (κ1) is 47.1. The second-order valence-electron chi connectivity index (χ2n) is 14.6. The van der Waals surface area contributed by atoms with Crippen LogP contribution in [0.1, 0.15) is 92.4 Å². The van der Waals surface area contributed by atoms with Gasteiger partial charge in [0.25, 0.3) is 0 Å². The van der Waals surface area contributed by atoms with E-state index in [-0.39, 0.29) is 50.3 Å². The predicted molar refractivity (Wildman–Crippen MR) is 191 cm³/mol. The molecule has 53 heavy (non-hydrogen) atoms. The van der Waals surface area contributed by atoms with E-state index in [9.17, 15) is 39.9 Å². The molecule has 2 aliphatic rings. The van der Waals surface area contributed by atoms with Gasteiger partial charge in [0, 0.05) is 25.9 Å². The predicted octanol–water partition coefficient (Wildman–Crippen LogP) is -0.238. The number of carbonyl (C=O) groups excluding carboxylic acids is 2. The van der Waals surface area contributed by atoms with Crippen LogP contribution in [0.4, 0.5) is 0 Å². The van der Waals surface area contributed by atoms with E-state index in [1.807, 2.05) is 6.92 Å². The van der Waals surface area contributed by atoms with Crippen LogP contribution >= 0.6 is 0 Å². The molecule has 0 bridgehead atoms. The highest BCUT2D eigenvalue weighted by Gasteiger charge is 2.49. The number of ether oxygens (including phenoxy) is 5. The summed E-state index contributed by atoms with van der Waals surface area (Å²) in [7, 11) is 0. The molecule has 2 amide bonds. The molecule has 0 aromatic carbocycles. The Balaban J connectivity index is 2.21. The molecule has 0 aromatic heterocycles. The van der Waals surface area contributed by atoms with Gasteiger partial charge in [-0.2, -0.15) is 0 Å². The van der Waals surface area contributed by atoms with Gasteiger partial charge in [-0.3, -0.25) is 9.59 Å². The molecule has 17 nitrogen and oxygen atoms in total. The minimum absolute atomic E-state index is 0.119. The van der Waals surface area contributed by atoms with Crippen LogP contribution in [0.5, 0.6) is 0 Å². The molecule has 1 saturated carbocycles. The number of carboxylic acid groups (broad SMARTS) is 1. The van der Waals surface area contributed by atoms with Crippen molar-refractivity contribution in [2.75, 3.05) is 32.9 Å². The number of aliphatic carboxylic acids is 1. The molecule has 1 aliphatic carbocycles. The largest absolute Gasteiger partial charge is 0.479 e. The summed E-state index contributed by atoms with van der Waals surface area (Å²) >= 11 is 0. The Morgan fingerprint density at radius 3 is 2.26 bits per heavy atom. The van der Waals surface area contributed by atoms with E-state index in [2.05, 4.69) is 10.6 Å². The molecule has 2 rings (SSSR count). The van der Waals surface area contributed by atoms with Crippen LogP contribution in [0.2, 0.25) is 0 Å². The van der Waals surface area contributed by atoms with Gasteiger partial charge >= 0.3 is 5.97 Å². The van der Waals surface area contributed by atoms with Crippen molar-refractivity contribution >= 4 is 17.8 Å². The Morgan fingerprint density at radius 1 is 1.02 bits per heavy atom. The first-order chi connectivity index (χ1) is 25.1. The minimum atomic E-state index is -1.49. The molecule has 1 aliphatic heterocycles. The zero-order valence-electron chi connectivity index (χ0n) is 32.0. The normalized spacial score (nSPS) is 27.1. The molecule has 2 fully saturated rings. The van der Waals surface area contributed by atoms with Crippen molar-refractivity contribution < 1.29 is 68.7 Å². The van der Waals surface area contributed by atoms with E-state index in [1.54, 1.807) is 20.8 Å². The van der Waals surface area contributed by atoms with Crippen LogP contribution in [-0.2, 0) is 38.1 Å². The topological polar surface area (TPSA) is 269 Å². The molecular formula is C36H67N3O14. The highest BCUT2D eigenvalue weighted by atomic mass is 16.7. The molecule has 1 heterocycles. The number of carboxylic acids is 1. The SMILES string of the molecule is CC[C@@H](CO[C@@H](C)OC(C)C(O)[C@H](O)CO)CC(C[C@H](C)O[C@@H]1O[C@@H](CO)C(O)C(O[C@@H](CC2CCCCC2)C(=O)O)C1NC(C)=O)C(=O)NCCN. The van der Waals surface area contributed by atoms with E-state index in [1.165, 1.54) is 6.92 Å². The molecule has 0 radical (unpaired) electrons. The van der Waals surface area contributed by atoms with Crippen molar-refractivity contribution in [1.29, 1.82) is 0 Å². The summed E-state index contributed by atoms with van der Waals surface area (Å²) in [5.41, 5.74) is 5.65. The number of carbonyl (C=O) groups is 3. The second kappa shape index (κ2) is 24.5. The molecule has 6 unspecified atom stereocenters. The first-order valence-electron chi connectivity index (χ1n) is 19.1. The number of rotatable bonds is 25. The summed E-state index contributed by atoms with van der Waals surface area (Å²) in [5, 5.41) is 65.9. The summed E-state index contributed by atoms with van der Waals surface area (Å²) < 4.78 is 29.9. The third-order valence-electron chi connectivity index (χ3n) is 10.1. The lowest BCUT2D eigenvalue weighted by Crippen LogP contribution is -2.66. The van der Waals surface area contributed by atoms with Crippen molar-refractivity contribution in [3.63, 3.8) is 0 Å². The van der Waals surface area contributed by atoms with E-state index < -0.39 is 98.5 Å². The lowest BCUT2D eigenvalue weighted by atomic mass is 9.85. The number of amides is 2. The van der Waals surface area contributed by atoms with Gasteiger partial charge in [-0.15, -0.1) is 0 Å². The Bertz CT molecular complexity index is 1070. The number of aliphatic hydroxyl groups is 5. The Labute approximate surface area is 313 Å². The zero-order valence-corrected chi connectivity index (χ0v) is 32.0. The standard InChI is InChI=1S/C36H67N3O14/c1-6-24(19-49-23(5)51-21(3)31(44)27(43)17-40)15-26(34(46)38-13-12-37)14-20(2)50-36-30(39-22(4)42)33(32(45)29(18-41)53-36)52-28(35(47)48)16-25-10-8-7-9-11-25/h20-21,23-33,36,40-41,43-45H,6-19,37H2,1-5H3,(H,38,46)(H,39,42)(H,47,48)/t20-,21?,23+,24+,26?,27+,28-,29-,30?,31?,32?,33?,36+/m0/s1. The van der Waals surface area contributed by atoms with Gasteiger partial charge in [0.15, 0.2) is 18.7 Å². The van der Waals surface area contributed by atoms with Crippen LogP contribution in [-0.4, -0.2) is 149 Å². The van der Waals surface area contributed by atoms with Crippen molar-refractivity contribution in [2.45, 2.75) is 160 Å². The summed E-state index contributed by atoms with van der Waals surface area (Å²) in [6.07, 6.45) is -5.24. The molecule has 0 spiro atoms. The number of nitrogens with one attached hydrogen (secondary N) is 2. The Morgan fingerprint density at radius 2 is 1.70 bits per heavy atom. The first-order valence-corrected chi connectivity index (χ1v) is 19.1. The maximum atomic E-state index is 13.4. The van der Waals surface area contributed by atoms with Crippen molar-refractivity contribution in [3.05, 3.63) is 0 Å². The Hall–Kier alpha value is -2.03. The molecule has 0 aromatic rings. The summed E-state index contributed by atoms with van der Waals surface area (Å²) in [5.74, 6) is -2.53. The van der Waals surface area contributed by atoms with Gasteiger partial charge < -0.3 is 70.7 Å². The van der Waals surface area contributed by atoms with Crippen molar-refractivity contribution in [3.8, 4) is 0 Å². The Kier molecular flexibility index (Phi) is 21.8. The lowest BCUT2D eigenvalue weighted by molar-refractivity contribution is -0.292. The minimum Gasteiger partial charge on any atom is -0.479 e. The van der Waals surface area contributed by atoms with Crippen molar-refractivity contribution in [2.24, 2.45) is 23.5 Å². The average Bonchev–Trinajstić information content (AvgIpc) is 3.13. The average molecular weight is 766 g/mol. The van der Waals surface area contributed by atoms with E-state index in [0.717, 1.165) is 32.1 Å². The quantitative estimate of drug-likeness (QED) is 0.0543. The number of hydrogen-bond acceptors (Lipinski definition) is 14. The fraction of sp³-hybridized carbons (Fsp3) is 0.917. The van der Waals surface area contributed by atoms with Crippen molar-refractivity contribution in [1.82, 2.24) is 10.6 Å². The van der Waals surface area contributed by atoms with Crippen LogP contribution in [0, 0.1) is 17.8 Å². The van der Waals surface area contributed by atoms with E-state index >= 15 is 0 Å². The smallest absolute Gasteiger partial charge is 0.332 e. The third kappa shape index (κ3) is 15.9. The maximum absolute atomic E-state index is 13.4. The maximum Gasteiger partial charge on any atom is 0.332 e. The monoisotopic (exact) mass is 765 g/mol. The third-order valence-corrected chi connectivity index (χ3v) is 10.1. The summed E-state index contributed by atoms with van der Waals surface area (Å²) in [4.78, 5) is 38.2. The molecular weight excluding hydrogens is 698 g/mol. The highest BCUT2D eigenvalue weighted by molar-refractivity contribution is 5.78. The number of aliphatic hydroxyl groups excluding tert-OH is 5. The molecule has 310 valence electrons. The molecule has 17 heteroatoms. The summed E-state index contributed by atoms with van der Waals surface area (Å²) in [6.45, 7) is 7.54. The fourth-order valence-corrected chi connectivity index (χ4v) is 7.07. The van der Waals surface area contributed by atoms with Gasteiger partial charge in [0.2, 0.25) is 11.8 Å². The number of nitrogens with two attached hydrogens (primary N) is 1. The van der Waals surface area contributed by atoms with Crippen LogP contribution in [0.25, 0.3) is 0 Å². The molecule has 1 saturated heterocycles. The molecule has 13 atom stereocenters. The fourth-order valence-electron chi connectivity index (χ4n) is 7.07. The number of hydrogen-bond donors (Lipinski definition) is 9. The van der Waals surface area contributed by atoms with Crippen LogP contribution in [0.15, 0.2) is 0 Å². The van der Waals surface area contributed by atoms with Gasteiger partial charge in [-0.05, 0) is 51.9 Å². The summed E-state index contributed by atoms with van der Waals surface area (Å²) in [6, 6.07) is -1.15. The van der Waals surface area contributed by atoms with Gasteiger partial charge in [0.1, 0.15) is 36.6 Å². The highest BCUT2D eigenvalue weighted by Crippen LogP contribution is 2.32. The van der Waals surface area contributed by atoms with E-state index in [0.29, 0.717) is 12.8 Å².